The molecule has 0 N–H and O–H groups in total. The van der Waals surface area contributed by atoms with Crippen molar-refractivity contribution in [1.82, 2.24) is 0 Å². The molecule has 21 heavy (non-hydrogen) atoms. The van der Waals surface area contributed by atoms with E-state index in [-0.39, 0.29) is 15.6 Å². The van der Waals surface area contributed by atoms with Crippen molar-refractivity contribution in [2.24, 2.45) is 0 Å². The Bertz CT molecular complexity index is 674. The highest BCUT2D eigenvalue weighted by Crippen LogP contribution is 2.40. The number of nitro groups is 1. The lowest BCUT2D eigenvalue weighted by Crippen LogP contribution is -2.06. The fraction of sp³-hybridized carbons (Fsp3) is 0.0769. The van der Waals surface area contributed by atoms with E-state index in [0.29, 0.717) is 4.90 Å². The zero-order valence-corrected chi connectivity index (χ0v) is 11.8. The third-order valence-corrected chi connectivity index (χ3v) is 3.84. The first kappa shape index (κ1) is 15.7. The van der Waals surface area contributed by atoms with Gasteiger partial charge in [-0.05, 0) is 30.3 Å². The number of benzene rings is 2. The number of nitro benzene ring substituents is 1. The van der Waals surface area contributed by atoms with Crippen molar-refractivity contribution in [2.75, 3.05) is 0 Å². The molecular formula is C13H7ClF3NO2S. The minimum Gasteiger partial charge on any atom is -0.258 e. The molecule has 0 aliphatic rings. The number of hydrogen-bond donors (Lipinski definition) is 0. The third kappa shape index (κ3) is 3.89. The molecule has 110 valence electrons. The minimum atomic E-state index is -4.52. The number of nitrogens with zero attached hydrogens (tertiary/aromatic N) is 1. The van der Waals surface area contributed by atoms with Crippen molar-refractivity contribution in [3.05, 3.63) is 63.2 Å². The summed E-state index contributed by atoms with van der Waals surface area (Å²) >= 11 is 6.47. The smallest absolute Gasteiger partial charge is 0.258 e. The van der Waals surface area contributed by atoms with Gasteiger partial charge in [-0.1, -0.05) is 23.4 Å². The van der Waals surface area contributed by atoms with Crippen LogP contribution in [-0.2, 0) is 6.18 Å². The Kier molecular flexibility index (Phi) is 4.43. The van der Waals surface area contributed by atoms with Crippen LogP contribution in [0.25, 0.3) is 0 Å². The van der Waals surface area contributed by atoms with Gasteiger partial charge in [0, 0.05) is 26.9 Å². The molecule has 3 nitrogen and oxygen atoms in total. The normalized spacial score (nSPS) is 11.4. The summed E-state index contributed by atoms with van der Waals surface area (Å²) in [6, 6.07) is 8.78. The highest BCUT2D eigenvalue weighted by molar-refractivity contribution is 7.99. The third-order valence-electron chi connectivity index (χ3n) is 2.52. The van der Waals surface area contributed by atoms with E-state index in [9.17, 15) is 23.3 Å². The molecule has 0 fully saturated rings. The Labute approximate surface area is 126 Å². The largest absolute Gasteiger partial charge is 0.417 e. The fourth-order valence-corrected chi connectivity index (χ4v) is 2.69. The van der Waals surface area contributed by atoms with Crippen LogP contribution in [0.1, 0.15) is 5.56 Å². The lowest BCUT2D eigenvalue weighted by Gasteiger charge is -2.12. The van der Waals surface area contributed by atoms with E-state index in [2.05, 4.69) is 0 Å². The topological polar surface area (TPSA) is 43.1 Å². The maximum atomic E-state index is 12.9. The maximum absolute atomic E-state index is 12.9. The molecule has 2 aromatic carbocycles. The van der Waals surface area contributed by atoms with Crippen molar-refractivity contribution < 1.29 is 18.1 Å². The summed E-state index contributed by atoms with van der Waals surface area (Å²) in [6.45, 7) is 0. The van der Waals surface area contributed by atoms with Crippen molar-refractivity contribution in [3.8, 4) is 0 Å². The van der Waals surface area contributed by atoms with Gasteiger partial charge < -0.3 is 0 Å². The molecule has 8 heteroatoms. The van der Waals surface area contributed by atoms with Gasteiger partial charge in [0.1, 0.15) is 0 Å². The molecule has 0 aliphatic heterocycles. The summed E-state index contributed by atoms with van der Waals surface area (Å²) in [5.74, 6) is 0. The van der Waals surface area contributed by atoms with E-state index < -0.39 is 16.7 Å². The molecule has 0 heterocycles. The van der Waals surface area contributed by atoms with Gasteiger partial charge in [-0.3, -0.25) is 10.1 Å². The monoisotopic (exact) mass is 333 g/mol. The highest BCUT2D eigenvalue weighted by Gasteiger charge is 2.33. The quantitative estimate of drug-likeness (QED) is 0.556. The Morgan fingerprint density at radius 2 is 1.71 bits per heavy atom. The van der Waals surface area contributed by atoms with Crippen LogP contribution in [0.3, 0.4) is 0 Å². The number of rotatable bonds is 3. The lowest BCUT2D eigenvalue weighted by molar-refractivity contribution is -0.384. The molecular weight excluding hydrogens is 327 g/mol. The van der Waals surface area contributed by atoms with E-state index in [0.717, 1.165) is 17.8 Å². The fourth-order valence-electron chi connectivity index (χ4n) is 1.58. The second-order valence-electron chi connectivity index (χ2n) is 3.99. The van der Waals surface area contributed by atoms with Gasteiger partial charge in [-0.25, -0.2) is 0 Å². The summed E-state index contributed by atoms with van der Waals surface area (Å²) < 4.78 is 38.8. The first-order valence-corrected chi connectivity index (χ1v) is 6.76. The van der Waals surface area contributed by atoms with E-state index in [1.54, 1.807) is 0 Å². The van der Waals surface area contributed by atoms with Crippen LogP contribution in [0.15, 0.2) is 52.3 Å². The van der Waals surface area contributed by atoms with Gasteiger partial charge in [-0.2, -0.15) is 13.2 Å². The van der Waals surface area contributed by atoms with E-state index >= 15 is 0 Å². The summed E-state index contributed by atoms with van der Waals surface area (Å²) in [6.07, 6.45) is -4.52. The molecule has 0 saturated carbocycles. The molecule has 0 radical (unpaired) electrons. The Hall–Kier alpha value is -1.73. The van der Waals surface area contributed by atoms with Crippen LogP contribution < -0.4 is 0 Å². The number of hydrogen-bond acceptors (Lipinski definition) is 3. The second kappa shape index (κ2) is 5.95. The van der Waals surface area contributed by atoms with Gasteiger partial charge in [0.05, 0.1) is 10.5 Å². The first-order valence-electron chi connectivity index (χ1n) is 5.56. The lowest BCUT2D eigenvalue weighted by atomic mass is 10.2. The molecule has 0 bridgehead atoms. The van der Waals surface area contributed by atoms with Crippen molar-refractivity contribution >= 4 is 29.1 Å². The first-order chi connectivity index (χ1) is 9.77. The average Bonchev–Trinajstić information content (AvgIpc) is 2.40. The highest BCUT2D eigenvalue weighted by atomic mass is 35.5. The van der Waals surface area contributed by atoms with Crippen molar-refractivity contribution in [3.63, 3.8) is 0 Å². The number of halogens is 4. The molecule has 0 saturated heterocycles. The SMILES string of the molecule is O=[N+]([O-])c1ccc(Sc2ccc(Cl)cc2C(F)(F)F)cc1. The molecule has 0 spiro atoms. The van der Waals surface area contributed by atoms with E-state index in [1.165, 1.54) is 36.4 Å². The Balaban J connectivity index is 2.33. The molecule has 2 rings (SSSR count). The summed E-state index contributed by atoms with van der Waals surface area (Å²) in [7, 11) is 0. The second-order valence-corrected chi connectivity index (χ2v) is 5.54. The molecule has 0 unspecified atom stereocenters. The van der Waals surface area contributed by atoms with Gasteiger partial charge in [0.15, 0.2) is 0 Å². The molecule has 0 aromatic heterocycles. The van der Waals surface area contributed by atoms with Gasteiger partial charge in [0.2, 0.25) is 0 Å². The molecule has 2 aromatic rings. The molecule has 0 aliphatic carbocycles. The van der Waals surface area contributed by atoms with Crippen LogP contribution in [0.2, 0.25) is 5.02 Å². The Morgan fingerprint density at radius 1 is 1.10 bits per heavy atom. The molecule has 0 atom stereocenters. The van der Waals surface area contributed by atoms with E-state index in [1.807, 2.05) is 0 Å². The molecule has 0 amide bonds. The Morgan fingerprint density at radius 3 is 2.24 bits per heavy atom. The minimum absolute atomic E-state index is 0.00428. The summed E-state index contributed by atoms with van der Waals surface area (Å²) in [4.78, 5) is 10.4. The van der Waals surface area contributed by atoms with Gasteiger partial charge in [0.25, 0.3) is 5.69 Å². The van der Waals surface area contributed by atoms with E-state index in [4.69, 9.17) is 11.6 Å². The predicted octanol–water partition coefficient (Wildman–Crippen LogP) is 5.42. The summed E-state index contributed by atoms with van der Waals surface area (Å²) in [5, 5.41) is 10.5. The van der Waals surface area contributed by atoms with Crippen LogP contribution in [0.5, 0.6) is 0 Å². The predicted molar refractivity (Wildman–Crippen MR) is 73.7 cm³/mol. The van der Waals surface area contributed by atoms with Crippen molar-refractivity contribution in [2.45, 2.75) is 16.0 Å². The number of alkyl halides is 3. The van der Waals surface area contributed by atoms with Crippen LogP contribution in [-0.4, -0.2) is 4.92 Å². The van der Waals surface area contributed by atoms with Gasteiger partial charge in [-0.15, -0.1) is 0 Å². The summed E-state index contributed by atoms with van der Waals surface area (Å²) in [5.41, 5.74) is -0.954. The zero-order valence-electron chi connectivity index (χ0n) is 10.2. The standard InChI is InChI=1S/C13H7ClF3NO2S/c14-8-1-6-12(11(7-8)13(15,16)17)21-10-4-2-9(3-5-10)18(19)20/h1-7H. The number of non-ortho nitro benzene ring substituents is 1. The van der Waals surface area contributed by atoms with Crippen molar-refractivity contribution in [1.29, 1.82) is 0 Å². The van der Waals surface area contributed by atoms with Crippen LogP contribution >= 0.6 is 23.4 Å². The average molecular weight is 334 g/mol. The maximum Gasteiger partial charge on any atom is 0.417 e. The van der Waals surface area contributed by atoms with Crippen LogP contribution in [0.4, 0.5) is 18.9 Å². The zero-order chi connectivity index (χ0) is 15.6. The van der Waals surface area contributed by atoms with Gasteiger partial charge >= 0.3 is 6.18 Å². The van der Waals surface area contributed by atoms with Crippen LogP contribution in [0, 0.1) is 10.1 Å².